The lowest BCUT2D eigenvalue weighted by Gasteiger charge is -2.34. The number of pyridine rings is 1. The Morgan fingerprint density at radius 3 is 2.67 bits per heavy atom. The van der Waals surface area contributed by atoms with Gasteiger partial charge in [0, 0.05) is 17.8 Å². The van der Waals surface area contributed by atoms with Crippen LogP contribution in [0, 0.1) is 11.8 Å². The van der Waals surface area contributed by atoms with E-state index in [1.54, 1.807) is 6.20 Å². The Morgan fingerprint density at radius 2 is 2.05 bits per heavy atom. The van der Waals surface area contributed by atoms with Gasteiger partial charge in [-0.1, -0.05) is 44.7 Å². The lowest BCUT2D eigenvalue weighted by molar-refractivity contribution is 0.219. The normalized spacial score (nSPS) is 24.0. The van der Waals surface area contributed by atoms with Gasteiger partial charge in [-0.3, -0.25) is 0 Å². The highest BCUT2D eigenvalue weighted by Gasteiger charge is 2.29. The molecule has 0 spiro atoms. The monoisotopic (exact) mass is 309 g/mol. The third kappa shape index (κ3) is 4.33. The third-order valence-corrected chi connectivity index (χ3v) is 5.01. The minimum Gasteiger partial charge on any atom is -0.383 e. The molecule has 1 fully saturated rings. The Morgan fingerprint density at radius 1 is 1.33 bits per heavy atom. The molecular weight excluding hydrogens is 282 g/mol. The van der Waals surface area contributed by atoms with Crippen molar-refractivity contribution in [3.8, 4) is 0 Å². The Kier molecular flexibility index (Phi) is 6.31. The van der Waals surface area contributed by atoms with Gasteiger partial charge in [0.25, 0.3) is 0 Å². The van der Waals surface area contributed by atoms with Crippen molar-refractivity contribution in [1.29, 1.82) is 0 Å². The van der Waals surface area contributed by atoms with E-state index >= 15 is 0 Å². The van der Waals surface area contributed by atoms with Crippen LogP contribution in [0.3, 0.4) is 0 Å². The van der Waals surface area contributed by atoms with E-state index in [0.717, 1.165) is 24.4 Å². The summed E-state index contributed by atoms with van der Waals surface area (Å²) < 4.78 is 0. The van der Waals surface area contributed by atoms with Crippen molar-refractivity contribution >= 4 is 17.4 Å². The second kappa shape index (κ2) is 8.00. The molecule has 0 radical (unpaired) electrons. The number of nitrogens with two attached hydrogens (primary N) is 1. The van der Waals surface area contributed by atoms with E-state index < -0.39 is 0 Å². The van der Waals surface area contributed by atoms with Gasteiger partial charge in [-0.05, 0) is 43.7 Å². The summed E-state index contributed by atoms with van der Waals surface area (Å²) in [6, 6.07) is 2.28. The van der Waals surface area contributed by atoms with Crippen LogP contribution in [0.2, 0.25) is 5.02 Å². The lowest BCUT2D eigenvalue weighted by Crippen LogP contribution is -2.32. The standard InChI is InChI=1S/C17H28ClN3/c1-3-9-20-16(13-7-5-12(4-2)6-8-13)15-10-14(18)11-21-17(15)19/h10-13,16,20H,3-9H2,1-2H3,(H2,19,21). The molecule has 1 aliphatic carbocycles. The van der Waals surface area contributed by atoms with E-state index in [0.29, 0.717) is 16.8 Å². The molecular formula is C17H28ClN3. The van der Waals surface area contributed by atoms with Crippen LogP contribution < -0.4 is 11.1 Å². The zero-order valence-electron chi connectivity index (χ0n) is 13.2. The molecule has 3 nitrogen and oxygen atoms in total. The van der Waals surface area contributed by atoms with Crippen LogP contribution in [0.1, 0.15) is 64.0 Å². The minimum atomic E-state index is 0.286. The highest BCUT2D eigenvalue weighted by atomic mass is 35.5. The van der Waals surface area contributed by atoms with Crippen molar-refractivity contribution < 1.29 is 0 Å². The van der Waals surface area contributed by atoms with Crippen LogP contribution in [0.4, 0.5) is 5.82 Å². The van der Waals surface area contributed by atoms with Gasteiger partial charge in [0.1, 0.15) is 5.82 Å². The molecule has 0 aliphatic heterocycles. The zero-order chi connectivity index (χ0) is 15.2. The summed E-state index contributed by atoms with van der Waals surface area (Å²) >= 11 is 6.13. The summed E-state index contributed by atoms with van der Waals surface area (Å²) in [6.45, 7) is 5.50. The number of halogens is 1. The topological polar surface area (TPSA) is 50.9 Å². The Balaban J connectivity index is 2.16. The van der Waals surface area contributed by atoms with E-state index in [9.17, 15) is 0 Å². The van der Waals surface area contributed by atoms with Crippen LogP contribution in [-0.4, -0.2) is 11.5 Å². The minimum absolute atomic E-state index is 0.286. The average Bonchev–Trinajstić information content (AvgIpc) is 2.51. The van der Waals surface area contributed by atoms with Crippen molar-refractivity contribution in [1.82, 2.24) is 10.3 Å². The Bertz CT molecular complexity index is 442. The van der Waals surface area contributed by atoms with Gasteiger partial charge in [-0.25, -0.2) is 4.98 Å². The summed E-state index contributed by atoms with van der Waals surface area (Å²) in [6.07, 6.45) is 9.26. The predicted octanol–water partition coefficient (Wildman–Crippen LogP) is 4.57. The van der Waals surface area contributed by atoms with E-state index in [1.165, 1.54) is 32.1 Å². The molecule has 0 aromatic carbocycles. The molecule has 0 saturated heterocycles. The molecule has 1 aromatic heterocycles. The number of hydrogen-bond donors (Lipinski definition) is 2. The molecule has 2 rings (SSSR count). The van der Waals surface area contributed by atoms with Gasteiger partial charge in [0.15, 0.2) is 0 Å². The van der Waals surface area contributed by atoms with Crippen LogP contribution in [0.15, 0.2) is 12.3 Å². The fraction of sp³-hybridized carbons (Fsp3) is 0.706. The predicted molar refractivity (Wildman–Crippen MR) is 90.4 cm³/mol. The number of hydrogen-bond acceptors (Lipinski definition) is 3. The van der Waals surface area contributed by atoms with E-state index in [2.05, 4.69) is 24.1 Å². The van der Waals surface area contributed by atoms with Crippen molar-refractivity contribution in [2.45, 2.75) is 58.4 Å². The molecule has 1 unspecified atom stereocenters. The van der Waals surface area contributed by atoms with Crippen molar-refractivity contribution in [3.05, 3.63) is 22.8 Å². The lowest BCUT2D eigenvalue weighted by atomic mass is 9.76. The first-order chi connectivity index (χ1) is 10.2. The smallest absolute Gasteiger partial charge is 0.128 e. The molecule has 21 heavy (non-hydrogen) atoms. The summed E-state index contributed by atoms with van der Waals surface area (Å²) in [7, 11) is 0. The summed E-state index contributed by atoms with van der Waals surface area (Å²) in [5, 5.41) is 4.35. The molecule has 118 valence electrons. The maximum Gasteiger partial charge on any atom is 0.128 e. The van der Waals surface area contributed by atoms with Crippen molar-refractivity contribution in [2.24, 2.45) is 11.8 Å². The number of aromatic nitrogens is 1. The summed E-state index contributed by atoms with van der Waals surface area (Å²) in [5.41, 5.74) is 7.19. The zero-order valence-corrected chi connectivity index (χ0v) is 14.0. The maximum absolute atomic E-state index is 6.13. The first-order valence-corrected chi connectivity index (χ1v) is 8.67. The maximum atomic E-state index is 6.13. The van der Waals surface area contributed by atoms with E-state index in [4.69, 9.17) is 17.3 Å². The van der Waals surface area contributed by atoms with Crippen LogP contribution >= 0.6 is 11.6 Å². The molecule has 1 atom stereocenters. The summed E-state index contributed by atoms with van der Waals surface area (Å²) in [5.74, 6) is 2.16. The number of nitrogens with one attached hydrogen (secondary N) is 1. The van der Waals surface area contributed by atoms with Crippen LogP contribution in [0.5, 0.6) is 0 Å². The molecule has 4 heteroatoms. The molecule has 0 amide bonds. The van der Waals surface area contributed by atoms with Gasteiger partial charge < -0.3 is 11.1 Å². The van der Waals surface area contributed by atoms with Gasteiger partial charge >= 0.3 is 0 Å². The number of nitrogen functional groups attached to an aromatic ring is 1. The highest BCUT2D eigenvalue weighted by Crippen LogP contribution is 2.39. The van der Waals surface area contributed by atoms with Crippen LogP contribution in [-0.2, 0) is 0 Å². The van der Waals surface area contributed by atoms with Gasteiger partial charge in [-0.2, -0.15) is 0 Å². The number of anilines is 1. The van der Waals surface area contributed by atoms with E-state index in [1.807, 2.05) is 6.07 Å². The molecule has 1 aromatic rings. The first-order valence-electron chi connectivity index (χ1n) is 8.30. The van der Waals surface area contributed by atoms with E-state index in [-0.39, 0.29) is 6.04 Å². The quantitative estimate of drug-likeness (QED) is 0.809. The van der Waals surface area contributed by atoms with Crippen molar-refractivity contribution in [2.75, 3.05) is 12.3 Å². The van der Waals surface area contributed by atoms with Gasteiger partial charge in [-0.15, -0.1) is 0 Å². The van der Waals surface area contributed by atoms with Gasteiger partial charge in [0.2, 0.25) is 0 Å². The summed E-state index contributed by atoms with van der Waals surface area (Å²) in [4.78, 5) is 4.24. The fourth-order valence-electron chi connectivity index (χ4n) is 3.47. The largest absolute Gasteiger partial charge is 0.383 e. The average molecular weight is 310 g/mol. The molecule has 0 bridgehead atoms. The Hall–Kier alpha value is -0.800. The number of nitrogens with zero attached hydrogens (tertiary/aromatic N) is 1. The molecule has 1 saturated carbocycles. The molecule has 1 aliphatic rings. The second-order valence-corrected chi connectivity index (χ2v) is 6.69. The third-order valence-electron chi connectivity index (χ3n) is 4.81. The first kappa shape index (κ1) is 16.6. The molecule has 3 N–H and O–H groups in total. The Labute approximate surface area is 133 Å². The van der Waals surface area contributed by atoms with Crippen molar-refractivity contribution in [3.63, 3.8) is 0 Å². The SMILES string of the molecule is CCCNC(c1cc(Cl)cnc1N)C1CCC(CC)CC1. The van der Waals surface area contributed by atoms with Gasteiger partial charge in [0.05, 0.1) is 5.02 Å². The fourth-order valence-corrected chi connectivity index (χ4v) is 3.64. The molecule has 1 heterocycles. The van der Waals surface area contributed by atoms with Crippen LogP contribution in [0.25, 0.3) is 0 Å². The second-order valence-electron chi connectivity index (χ2n) is 6.25. The highest BCUT2D eigenvalue weighted by molar-refractivity contribution is 6.30. The number of rotatable bonds is 6.